The third kappa shape index (κ3) is 4.70. The summed E-state index contributed by atoms with van der Waals surface area (Å²) in [6.07, 6.45) is 9.03. The molecule has 0 amide bonds. The standard InChI is InChI=1S/C41H31N/c1-3-4-10-29-14-9-16-36(28(29)2)32-18-20-33(21-19-32)40-26-25-38-37-15-8-7-12-31(37)23-24-39(38)41(42-40)35-22-17-30-11-5-6-13-34(30)27-35/h3-24,26-27H,1,25H2,2H3/b10-4-. The highest BCUT2D eigenvalue weighted by Gasteiger charge is 2.19. The summed E-state index contributed by atoms with van der Waals surface area (Å²) >= 11 is 0. The van der Waals surface area contributed by atoms with E-state index in [1.54, 1.807) is 0 Å². The largest absolute Gasteiger partial charge is 0.247 e. The van der Waals surface area contributed by atoms with Crippen molar-refractivity contribution >= 4 is 39.0 Å². The maximum absolute atomic E-state index is 5.40. The molecule has 0 N–H and O–H groups in total. The molecule has 6 aromatic carbocycles. The molecule has 1 aliphatic heterocycles. The summed E-state index contributed by atoms with van der Waals surface area (Å²) in [7, 11) is 0. The van der Waals surface area contributed by atoms with Gasteiger partial charge in [-0.2, -0.15) is 0 Å². The van der Waals surface area contributed by atoms with Gasteiger partial charge in [-0.25, -0.2) is 4.99 Å². The minimum absolute atomic E-state index is 0.825. The van der Waals surface area contributed by atoms with Gasteiger partial charge >= 0.3 is 0 Å². The number of aliphatic imine (C=N–C) groups is 1. The molecule has 0 bridgehead atoms. The van der Waals surface area contributed by atoms with Crippen molar-refractivity contribution in [3.63, 3.8) is 0 Å². The molecule has 0 radical (unpaired) electrons. The lowest BCUT2D eigenvalue weighted by Crippen LogP contribution is -2.06. The third-order valence-corrected chi connectivity index (χ3v) is 8.33. The van der Waals surface area contributed by atoms with E-state index in [1.807, 2.05) is 12.2 Å². The first-order chi connectivity index (χ1) is 20.7. The van der Waals surface area contributed by atoms with Crippen molar-refractivity contribution in [2.75, 3.05) is 0 Å². The Labute approximate surface area is 247 Å². The second kappa shape index (κ2) is 11.0. The van der Waals surface area contributed by atoms with Crippen LogP contribution in [-0.2, 0) is 6.42 Å². The summed E-state index contributed by atoms with van der Waals surface area (Å²) in [5, 5.41) is 5.01. The molecule has 1 heterocycles. The van der Waals surface area contributed by atoms with Crippen LogP contribution in [0.3, 0.4) is 0 Å². The summed E-state index contributed by atoms with van der Waals surface area (Å²) in [5.74, 6) is 0. The highest BCUT2D eigenvalue weighted by Crippen LogP contribution is 2.33. The van der Waals surface area contributed by atoms with Crippen molar-refractivity contribution in [1.29, 1.82) is 0 Å². The maximum Gasteiger partial charge on any atom is 0.0784 e. The van der Waals surface area contributed by atoms with E-state index in [1.165, 1.54) is 54.9 Å². The Morgan fingerprint density at radius 2 is 1.36 bits per heavy atom. The molecule has 0 aromatic heterocycles. The van der Waals surface area contributed by atoms with Gasteiger partial charge in [0.05, 0.1) is 11.4 Å². The van der Waals surface area contributed by atoms with E-state index in [2.05, 4.69) is 147 Å². The fourth-order valence-electron chi connectivity index (χ4n) is 6.08. The van der Waals surface area contributed by atoms with Crippen LogP contribution in [0.4, 0.5) is 0 Å². The Kier molecular flexibility index (Phi) is 6.70. The molecule has 0 saturated carbocycles. The molecule has 200 valence electrons. The molecule has 0 unspecified atom stereocenters. The molecule has 0 atom stereocenters. The SMILES string of the molecule is C=C/C=C\c1cccc(-c2ccc(C3=CCc4c(ccc5ccccc45)C(c4ccc5ccccc5c4)=N3)cc2)c1C. The fraction of sp³-hybridized carbons (Fsp3) is 0.0488. The highest BCUT2D eigenvalue weighted by atomic mass is 14.8. The van der Waals surface area contributed by atoms with E-state index in [0.29, 0.717) is 0 Å². The Bertz CT molecular complexity index is 2070. The van der Waals surface area contributed by atoms with Crippen LogP contribution < -0.4 is 0 Å². The average Bonchev–Trinajstić information content (AvgIpc) is 3.24. The molecule has 7 rings (SSSR count). The maximum atomic E-state index is 5.40. The van der Waals surface area contributed by atoms with Gasteiger partial charge in [-0.15, -0.1) is 0 Å². The van der Waals surface area contributed by atoms with E-state index < -0.39 is 0 Å². The Morgan fingerprint density at radius 3 is 2.19 bits per heavy atom. The van der Waals surface area contributed by atoms with Gasteiger partial charge < -0.3 is 0 Å². The van der Waals surface area contributed by atoms with Crippen LogP contribution >= 0.6 is 0 Å². The Hall–Kier alpha value is -5.27. The molecule has 0 spiro atoms. The number of rotatable bonds is 5. The van der Waals surface area contributed by atoms with Crippen LogP contribution in [0.2, 0.25) is 0 Å². The van der Waals surface area contributed by atoms with E-state index in [9.17, 15) is 0 Å². The van der Waals surface area contributed by atoms with Crippen LogP contribution in [0, 0.1) is 6.92 Å². The molecule has 1 aliphatic rings. The molecule has 1 nitrogen and oxygen atoms in total. The minimum Gasteiger partial charge on any atom is -0.247 e. The molecule has 6 aromatic rings. The average molecular weight is 538 g/mol. The summed E-state index contributed by atoms with van der Waals surface area (Å²) in [4.78, 5) is 5.40. The van der Waals surface area contributed by atoms with Crippen molar-refractivity contribution in [3.8, 4) is 11.1 Å². The number of allylic oxidation sites excluding steroid dienone is 3. The number of nitrogens with zero attached hydrogens (tertiary/aromatic N) is 1. The van der Waals surface area contributed by atoms with Gasteiger partial charge in [-0.1, -0.05) is 146 Å². The van der Waals surface area contributed by atoms with Crippen LogP contribution in [-0.4, -0.2) is 5.71 Å². The summed E-state index contributed by atoms with van der Waals surface area (Å²) in [6.45, 7) is 5.99. The second-order valence-corrected chi connectivity index (χ2v) is 10.8. The topological polar surface area (TPSA) is 12.4 Å². The van der Waals surface area contributed by atoms with Gasteiger partial charge in [0.15, 0.2) is 0 Å². The molecule has 0 saturated heterocycles. The number of hydrogen-bond donors (Lipinski definition) is 0. The smallest absolute Gasteiger partial charge is 0.0784 e. The normalized spacial score (nSPS) is 13.1. The van der Waals surface area contributed by atoms with Crippen molar-refractivity contribution < 1.29 is 0 Å². The van der Waals surface area contributed by atoms with Crippen molar-refractivity contribution in [2.24, 2.45) is 4.99 Å². The summed E-state index contributed by atoms with van der Waals surface area (Å²) < 4.78 is 0. The van der Waals surface area contributed by atoms with Crippen molar-refractivity contribution in [2.45, 2.75) is 13.3 Å². The van der Waals surface area contributed by atoms with Crippen LogP contribution in [0.5, 0.6) is 0 Å². The molecule has 42 heavy (non-hydrogen) atoms. The summed E-state index contributed by atoms with van der Waals surface area (Å²) in [5.41, 5.74) is 11.7. The Morgan fingerprint density at radius 1 is 0.643 bits per heavy atom. The molecule has 0 fully saturated rings. The Balaban J connectivity index is 1.34. The van der Waals surface area contributed by atoms with E-state index in [-0.39, 0.29) is 0 Å². The fourth-order valence-corrected chi connectivity index (χ4v) is 6.08. The third-order valence-electron chi connectivity index (χ3n) is 8.33. The second-order valence-electron chi connectivity index (χ2n) is 10.8. The van der Waals surface area contributed by atoms with Crippen molar-refractivity contribution in [1.82, 2.24) is 0 Å². The minimum atomic E-state index is 0.825. The van der Waals surface area contributed by atoms with Crippen LogP contribution in [0.25, 0.3) is 44.4 Å². The van der Waals surface area contributed by atoms with Gasteiger partial charge in [0.25, 0.3) is 0 Å². The van der Waals surface area contributed by atoms with Crippen LogP contribution in [0.1, 0.15) is 33.4 Å². The number of hydrogen-bond acceptors (Lipinski definition) is 1. The number of benzene rings is 6. The van der Waals surface area contributed by atoms with Gasteiger partial charge in [0, 0.05) is 11.1 Å². The van der Waals surface area contributed by atoms with E-state index in [0.717, 1.165) is 29.0 Å². The predicted molar refractivity (Wildman–Crippen MR) is 181 cm³/mol. The first-order valence-corrected chi connectivity index (χ1v) is 14.5. The summed E-state index contributed by atoms with van der Waals surface area (Å²) in [6, 6.07) is 43.7. The molecular formula is C41H31N. The lowest BCUT2D eigenvalue weighted by Gasteiger charge is -2.14. The zero-order valence-electron chi connectivity index (χ0n) is 23.7. The first kappa shape index (κ1) is 25.7. The highest BCUT2D eigenvalue weighted by molar-refractivity contribution is 6.18. The zero-order chi connectivity index (χ0) is 28.5. The molecule has 0 aliphatic carbocycles. The number of fused-ring (bicyclic) bond motifs is 4. The monoisotopic (exact) mass is 537 g/mol. The van der Waals surface area contributed by atoms with Gasteiger partial charge in [-0.3, -0.25) is 0 Å². The quantitative estimate of drug-likeness (QED) is 0.194. The van der Waals surface area contributed by atoms with Gasteiger partial charge in [-0.05, 0) is 74.3 Å². The lowest BCUT2D eigenvalue weighted by molar-refractivity contribution is 1.29. The van der Waals surface area contributed by atoms with Gasteiger partial charge in [0.1, 0.15) is 0 Å². The van der Waals surface area contributed by atoms with E-state index in [4.69, 9.17) is 4.99 Å². The molecule has 1 heteroatoms. The van der Waals surface area contributed by atoms with Crippen molar-refractivity contribution in [3.05, 3.63) is 180 Å². The van der Waals surface area contributed by atoms with Gasteiger partial charge in [0.2, 0.25) is 0 Å². The first-order valence-electron chi connectivity index (χ1n) is 14.5. The molecular weight excluding hydrogens is 506 g/mol. The zero-order valence-corrected chi connectivity index (χ0v) is 23.7. The van der Waals surface area contributed by atoms with Crippen LogP contribution in [0.15, 0.2) is 151 Å². The lowest BCUT2D eigenvalue weighted by atomic mass is 9.91. The van der Waals surface area contributed by atoms with E-state index >= 15 is 0 Å². The predicted octanol–water partition coefficient (Wildman–Crippen LogP) is 10.6.